The van der Waals surface area contributed by atoms with Crippen molar-refractivity contribution in [3.8, 4) is 0 Å². The van der Waals surface area contributed by atoms with Crippen LogP contribution in [-0.2, 0) is 5.41 Å². The monoisotopic (exact) mass is 229 g/mol. The third-order valence-electron chi connectivity index (χ3n) is 4.30. The minimum atomic E-state index is 0.236. The maximum atomic E-state index is 5.95. The summed E-state index contributed by atoms with van der Waals surface area (Å²) in [6.07, 6.45) is 4.28. The summed E-state index contributed by atoms with van der Waals surface area (Å²) in [7, 11) is 0. The fourth-order valence-corrected chi connectivity index (χ4v) is 2.91. The maximum absolute atomic E-state index is 5.95. The highest BCUT2D eigenvalue weighted by Crippen LogP contribution is 2.42. The average molecular weight is 229 g/mol. The molecule has 2 atom stereocenters. The Kier molecular flexibility index (Phi) is 3.03. The van der Waals surface area contributed by atoms with E-state index in [0.29, 0.717) is 5.92 Å². The molecule has 1 aliphatic rings. The summed E-state index contributed by atoms with van der Waals surface area (Å²) in [6, 6.07) is 6.91. The van der Waals surface area contributed by atoms with E-state index in [2.05, 4.69) is 52.0 Å². The van der Waals surface area contributed by atoms with E-state index in [9.17, 15) is 0 Å². The van der Waals surface area contributed by atoms with Crippen LogP contribution in [0.4, 0.5) is 0 Å². The van der Waals surface area contributed by atoms with Crippen molar-refractivity contribution < 1.29 is 0 Å². The Labute approximate surface area is 105 Å². The van der Waals surface area contributed by atoms with E-state index in [1.807, 2.05) is 0 Å². The fourth-order valence-electron chi connectivity index (χ4n) is 2.91. The van der Waals surface area contributed by atoms with Crippen molar-refractivity contribution in [1.82, 2.24) is 0 Å². The number of hydrogen-bond acceptors (Lipinski definition) is 1. The summed E-state index contributed by atoms with van der Waals surface area (Å²) in [5, 5.41) is 0. The molecule has 0 spiro atoms. The van der Waals surface area contributed by atoms with Gasteiger partial charge in [0.2, 0.25) is 0 Å². The van der Waals surface area contributed by atoms with Gasteiger partial charge in [-0.3, -0.25) is 0 Å². The van der Waals surface area contributed by atoms with E-state index >= 15 is 0 Å². The van der Waals surface area contributed by atoms with Crippen molar-refractivity contribution in [1.29, 1.82) is 0 Å². The summed E-state index contributed by atoms with van der Waals surface area (Å²) in [5.41, 5.74) is 11.4. The molecule has 0 bridgehead atoms. The number of benzene rings is 1. The second-order valence-electron chi connectivity index (χ2n) is 5.88. The summed E-state index contributed by atoms with van der Waals surface area (Å²) < 4.78 is 0. The van der Waals surface area contributed by atoms with Crippen LogP contribution in [0.15, 0.2) is 30.0 Å². The van der Waals surface area contributed by atoms with Crippen molar-refractivity contribution in [2.45, 2.75) is 46.0 Å². The lowest BCUT2D eigenvalue weighted by Crippen LogP contribution is -2.34. The SMILES string of the molecule is Cc1cc(C)cc(C2(C)CC=C(N)C[C@H]2C)c1. The van der Waals surface area contributed by atoms with Gasteiger partial charge in [-0.15, -0.1) is 0 Å². The van der Waals surface area contributed by atoms with Gasteiger partial charge < -0.3 is 5.73 Å². The molecule has 0 fully saturated rings. The lowest BCUT2D eigenvalue weighted by molar-refractivity contribution is 0.297. The van der Waals surface area contributed by atoms with Gasteiger partial charge in [0, 0.05) is 5.70 Å². The molecule has 0 amide bonds. The minimum Gasteiger partial charge on any atom is -0.402 e. The standard InChI is InChI=1S/C16H23N/c1-11-7-12(2)9-14(8-11)16(4)6-5-15(17)10-13(16)3/h5,7-9,13H,6,10,17H2,1-4H3/t13-,16?/m1/s1. The highest BCUT2D eigenvalue weighted by molar-refractivity contribution is 5.36. The van der Waals surface area contributed by atoms with Crippen LogP contribution in [0.25, 0.3) is 0 Å². The fraction of sp³-hybridized carbons (Fsp3) is 0.500. The normalized spacial score (nSPS) is 28.9. The smallest absolute Gasteiger partial charge is 0.00433 e. The first-order valence-electron chi connectivity index (χ1n) is 6.45. The molecule has 0 saturated carbocycles. The quantitative estimate of drug-likeness (QED) is 0.778. The highest BCUT2D eigenvalue weighted by atomic mass is 14.6. The second-order valence-corrected chi connectivity index (χ2v) is 5.88. The van der Waals surface area contributed by atoms with E-state index in [1.54, 1.807) is 0 Å². The molecule has 92 valence electrons. The molecule has 0 heterocycles. The van der Waals surface area contributed by atoms with Crippen LogP contribution in [0.5, 0.6) is 0 Å². The van der Waals surface area contributed by atoms with Crippen LogP contribution in [0.1, 0.15) is 43.4 Å². The highest BCUT2D eigenvalue weighted by Gasteiger charge is 2.35. The molecule has 0 aromatic heterocycles. The first-order chi connectivity index (χ1) is 7.91. The number of rotatable bonds is 1. The van der Waals surface area contributed by atoms with Gasteiger partial charge in [0.05, 0.1) is 0 Å². The van der Waals surface area contributed by atoms with Gasteiger partial charge in [-0.1, -0.05) is 49.2 Å². The van der Waals surface area contributed by atoms with Gasteiger partial charge in [-0.05, 0) is 43.6 Å². The second kappa shape index (κ2) is 4.21. The molecular formula is C16H23N. The molecule has 1 aromatic rings. The Morgan fingerprint density at radius 3 is 2.29 bits per heavy atom. The van der Waals surface area contributed by atoms with Gasteiger partial charge in [-0.2, -0.15) is 0 Å². The summed E-state index contributed by atoms with van der Waals surface area (Å²) in [4.78, 5) is 0. The molecule has 1 unspecified atom stereocenters. The molecule has 2 rings (SSSR count). The zero-order valence-electron chi connectivity index (χ0n) is 11.4. The molecular weight excluding hydrogens is 206 g/mol. The van der Waals surface area contributed by atoms with Crippen LogP contribution in [0.2, 0.25) is 0 Å². The Balaban J connectivity index is 2.44. The van der Waals surface area contributed by atoms with Crippen molar-refractivity contribution in [3.63, 3.8) is 0 Å². The molecule has 0 radical (unpaired) electrons. The number of nitrogens with two attached hydrogens (primary N) is 1. The first-order valence-corrected chi connectivity index (χ1v) is 6.45. The van der Waals surface area contributed by atoms with Crippen molar-refractivity contribution >= 4 is 0 Å². The molecule has 1 aliphatic carbocycles. The Morgan fingerprint density at radius 1 is 1.18 bits per heavy atom. The van der Waals surface area contributed by atoms with Crippen molar-refractivity contribution in [2.75, 3.05) is 0 Å². The average Bonchev–Trinajstić information content (AvgIpc) is 2.22. The molecule has 1 heteroatoms. The van der Waals surface area contributed by atoms with E-state index in [0.717, 1.165) is 18.5 Å². The molecule has 0 aliphatic heterocycles. The van der Waals surface area contributed by atoms with E-state index in [4.69, 9.17) is 5.73 Å². The number of hydrogen-bond donors (Lipinski definition) is 1. The zero-order valence-corrected chi connectivity index (χ0v) is 11.4. The number of allylic oxidation sites excluding steroid dienone is 2. The summed E-state index contributed by atoms with van der Waals surface area (Å²) >= 11 is 0. The number of aryl methyl sites for hydroxylation is 2. The lowest BCUT2D eigenvalue weighted by atomic mass is 9.66. The van der Waals surface area contributed by atoms with Crippen molar-refractivity contribution in [2.24, 2.45) is 11.7 Å². The van der Waals surface area contributed by atoms with Crippen LogP contribution in [0.3, 0.4) is 0 Å². The van der Waals surface area contributed by atoms with Gasteiger partial charge >= 0.3 is 0 Å². The van der Waals surface area contributed by atoms with Gasteiger partial charge in [0.15, 0.2) is 0 Å². The third-order valence-corrected chi connectivity index (χ3v) is 4.30. The predicted molar refractivity (Wildman–Crippen MR) is 73.9 cm³/mol. The van der Waals surface area contributed by atoms with E-state index < -0.39 is 0 Å². The minimum absolute atomic E-state index is 0.236. The van der Waals surface area contributed by atoms with Crippen LogP contribution < -0.4 is 5.73 Å². The van der Waals surface area contributed by atoms with Gasteiger partial charge in [0.1, 0.15) is 0 Å². The Bertz CT molecular complexity index is 438. The predicted octanol–water partition coefficient (Wildman–Crippen LogP) is 3.83. The Hall–Kier alpha value is -1.24. The van der Waals surface area contributed by atoms with E-state index in [-0.39, 0.29) is 5.41 Å². The first kappa shape index (κ1) is 12.2. The molecule has 2 N–H and O–H groups in total. The van der Waals surface area contributed by atoms with Crippen LogP contribution in [0, 0.1) is 19.8 Å². The Morgan fingerprint density at radius 2 is 1.76 bits per heavy atom. The largest absolute Gasteiger partial charge is 0.402 e. The molecule has 0 saturated heterocycles. The topological polar surface area (TPSA) is 26.0 Å². The zero-order chi connectivity index (χ0) is 12.6. The van der Waals surface area contributed by atoms with Crippen LogP contribution in [-0.4, -0.2) is 0 Å². The van der Waals surface area contributed by atoms with Gasteiger partial charge in [0.25, 0.3) is 0 Å². The summed E-state index contributed by atoms with van der Waals surface area (Å²) in [5.74, 6) is 0.605. The third kappa shape index (κ3) is 2.24. The van der Waals surface area contributed by atoms with E-state index in [1.165, 1.54) is 16.7 Å². The van der Waals surface area contributed by atoms with Crippen LogP contribution >= 0.6 is 0 Å². The molecule has 1 aromatic carbocycles. The van der Waals surface area contributed by atoms with Crippen molar-refractivity contribution in [3.05, 3.63) is 46.7 Å². The summed E-state index contributed by atoms with van der Waals surface area (Å²) in [6.45, 7) is 9.04. The maximum Gasteiger partial charge on any atom is 0.00433 e. The van der Waals surface area contributed by atoms with Gasteiger partial charge in [-0.25, -0.2) is 0 Å². The lowest BCUT2D eigenvalue weighted by Gasteiger charge is -2.39. The molecule has 17 heavy (non-hydrogen) atoms. The molecule has 1 nitrogen and oxygen atoms in total.